The fraction of sp³-hybridized carbons (Fsp3) is 0.250. The molecule has 0 saturated heterocycles. The van der Waals surface area contributed by atoms with Crippen LogP contribution < -0.4 is 0 Å². The summed E-state index contributed by atoms with van der Waals surface area (Å²) in [5, 5.41) is 9.00. The molecule has 0 aliphatic carbocycles. The predicted molar refractivity (Wildman–Crippen MR) is 61.6 cm³/mol. The van der Waals surface area contributed by atoms with Crippen LogP contribution >= 0.6 is 0 Å². The lowest BCUT2D eigenvalue weighted by Crippen LogP contribution is -2.14. The quantitative estimate of drug-likeness (QED) is 0.598. The van der Waals surface area contributed by atoms with E-state index in [-0.39, 0.29) is 13.1 Å². The number of carbonyl (C=O) groups excluding carboxylic acids is 2. The van der Waals surface area contributed by atoms with E-state index in [0.29, 0.717) is 5.56 Å². The summed E-state index contributed by atoms with van der Waals surface area (Å²) in [6.45, 7) is 0.0542. The first-order chi connectivity index (χ1) is 8.69. The van der Waals surface area contributed by atoms with Crippen LogP contribution in [0.3, 0.4) is 0 Å². The van der Waals surface area contributed by atoms with Crippen LogP contribution in [0, 0.1) is 0 Å². The lowest BCUT2D eigenvalue weighted by atomic mass is 9.98. The molecule has 18 heavy (non-hydrogen) atoms. The van der Waals surface area contributed by atoms with Gasteiger partial charge in [0.1, 0.15) is 5.92 Å². The van der Waals surface area contributed by atoms with Crippen molar-refractivity contribution in [3.63, 3.8) is 0 Å². The number of nitrogens with zero attached hydrogens (tertiary/aromatic N) is 2. The Hall–Kier alpha value is -2.55. The average molecular weight is 246 g/mol. The average Bonchev–Trinajstić information content (AvgIpc) is 2.38. The van der Waals surface area contributed by atoms with Crippen LogP contribution in [0.1, 0.15) is 17.0 Å². The van der Waals surface area contributed by atoms with E-state index < -0.39 is 11.9 Å². The molecule has 1 rings (SSSR count). The van der Waals surface area contributed by atoms with E-state index >= 15 is 0 Å². The second kappa shape index (κ2) is 6.91. The Kier molecular flexibility index (Phi) is 5.19. The maximum Gasteiger partial charge on any atom is 0.312 e. The van der Waals surface area contributed by atoms with Gasteiger partial charge in [-0.2, -0.15) is 0 Å². The summed E-state index contributed by atoms with van der Waals surface area (Å²) < 4.78 is 0. The zero-order valence-corrected chi connectivity index (χ0v) is 9.37. The second-order valence-electron chi connectivity index (χ2n) is 3.47. The smallest absolute Gasteiger partial charge is 0.312 e. The van der Waals surface area contributed by atoms with Gasteiger partial charge < -0.3 is 5.11 Å². The lowest BCUT2D eigenvalue weighted by molar-refractivity contribution is -0.138. The number of carbonyl (C=O) groups is 1. The van der Waals surface area contributed by atoms with Crippen molar-refractivity contribution in [3.8, 4) is 0 Å². The third kappa shape index (κ3) is 3.79. The van der Waals surface area contributed by atoms with Gasteiger partial charge in [-0.1, -0.05) is 24.3 Å². The molecule has 1 N–H and O–H groups in total. The van der Waals surface area contributed by atoms with E-state index in [9.17, 15) is 14.4 Å². The minimum atomic E-state index is -1.06. The molecule has 1 aromatic carbocycles. The number of hydrogen-bond acceptors (Lipinski definition) is 5. The molecule has 0 aliphatic heterocycles. The van der Waals surface area contributed by atoms with Crippen LogP contribution in [0.5, 0.6) is 0 Å². The van der Waals surface area contributed by atoms with Crippen LogP contribution in [0.4, 0.5) is 0 Å². The van der Waals surface area contributed by atoms with Gasteiger partial charge >= 0.3 is 5.97 Å². The molecule has 0 heterocycles. The van der Waals surface area contributed by atoms with E-state index in [2.05, 4.69) is 9.98 Å². The molecule has 1 unspecified atom stereocenters. The lowest BCUT2D eigenvalue weighted by Gasteiger charge is -2.09. The summed E-state index contributed by atoms with van der Waals surface area (Å²) in [6, 6.07) is 6.54. The third-order valence-electron chi connectivity index (χ3n) is 2.34. The fourth-order valence-electron chi connectivity index (χ4n) is 1.43. The summed E-state index contributed by atoms with van der Waals surface area (Å²) in [4.78, 5) is 37.6. The van der Waals surface area contributed by atoms with Crippen LogP contribution in [0.2, 0.25) is 0 Å². The number of isocyanates is 2. The number of aliphatic imine (C=N–C) groups is 2. The number of rotatable bonds is 6. The molecule has 0 radical (unpaired) electrons. The highest BCUT2D eigenvalue weighted by molar-refractivity contribution is 5.76. The van der Waals surface area contributed by atoms with Gasteiger partial charge in [0, 0.05) is 0 Å². The number of carboxylic acids is 1. The van der Waals surface area contributed by atoms with Crippen molar-refractivity contribution in [2.24, 2.45) is 9.98 Å². The summed E-state index contributed by atoms with van der Waals surface area (Å²) in [5.74, 6) is -1.94. The van der Waals surface area contributed by atoms with Crippen molar-refractivity contribution in [1.82, 2.24) is 0 Å². The largest absolute Gasteiger partial charge is 0.481 e. The molecule has 0 aromatic heterocycles. The van der Waals surface area contributed by atoms with Gasteiger partial charge in [-0.25, -0.2) is 19.6 Å². The standard InChI is InChI=1S/C12H10N2O4/c15-7-13-5-9-1-3-10(4-2-9)11(12(17)18)6-14-8-16/h1-4,11H,5-6H2,(H,17,18). The van der Waals surface area contributed by atoms with Crippen molar-refractivity contribution >= 4 is 18.1 Å². The van der Waals surface area contributed by atoms with Gasteiger partial charge in [-0.3, -0.25) is 4.79 Å². The zero-order chi connectivity index (χ0) is 13.4. The van der Waals surface area contributed by atoms with Crippen molar-refractivity contribution in [1.29, 1.82) is 0 Å². The highest BCUT2D eigenvalue weighted by Crippen LogP contribution is 2.17. The zero-order valence-electron chi connectivity index (χ0n) is 9.37. The minimum Gasteiger partial charge on any atom is -0.481 e. The maximum atomic E-state index is 11.0. The Balaban J connectivity index is 2.89. The normalized spacial score (nSPS) is 10.9. The fourth-order valence-corrected chi connectivity index (χ4v) is 1.43. The molecular formula is C12H10N2O4. The molecule has 0 amide bonds. The highest BCUT2D eigenvalue weighted by Gasteiger charge is 2.19. The van der Waals surface area contributed by atoms with E-state index in [1.807, 2.05) is 0 Å². The van der Waals surface area contributed by atoms with Gasteiger partial charge in [0.2, 0.25) is 12.2 Å². The molecule has 6 heteroatoms. The molecule has 6 nitrogen and oxygen atoms in total. The summed E-state index contributed by atoms with van der Waals surface area (Å²) in [7, 11) is 0. The first-order valence-corrected chi connectivity index (χ1v) is 5.08. The van der Waals surface area contributed by atoms with E-state index in [4.69, 9.17) is 5.11 Å². The Morgan fingerprint density at radius 1 is 1.17 bits per heavy atom. The van der Waals surface area contributed by atoms with Crippen molar-refractivity contribution < 1.29 is 19.5 Å². The Labute approximate surface area is 103 Å². The van der Waals surface area contributed by atoms with Gasteiger partial charge in [0.05, 0.1) is 13.1 Å². The first kappa shape index (κ1) is 13.5. The van der Waals surface area contributed by atoms with E-state index in [1.54, 1.807) is 24.3 Å². The molecule has 0 aliphatic rings. The Bertz CT molecular complexity index is 511. The molecule has 0 saturated carbocycles. The number of aliphatic carboxylic acids is 1. The van der Waals surface area contributed by atoms with Crippen LogP contribution in [-0.4, -0.2) is 29.8 Å². The minimum absolute atomic E-state index is 0.148. The van der Waals surface area contributed by atoms with Gasteiger partial charge in [-0.15, -0.1) is 0 Å². The van der Waals surface area contributed by atoms with Crippen LogP contribution in [-0.2, 0) is 20.9 Å². The van der Waals surface area contributed by atoms with Gasteiger partial charge in [-0.05, 0) is 11.1 Å². The van der Waals surface area contributed by atoms with Crippen molar-refractivity contribution in [2.45, 2.75) is 12.5 Å². The second-order valence-corrected chi connectivity index (χ2v) is 3.47. The third-order valence-corrected chi connectivity index (χ3v) is 2.34. The molecule has 1 atom stereocenters. The van der Waals surface area contributed by atoms with Gasteiger partial charge in [0.15, 0.2) is 0 Å². The Morgan fingerprint density at radius 3 is 2.28 bits per heavy atom. The molecule has 92 valence electrons. The predicted octanol–water partition coefficient (Wildman–Crippen LogP) is 1.03. The van der Waals surface area contributed by atoms with Crippen LogP contribution in [0.15, 0.2) is 34.3 Å². The first-order valence-electron chi connectivity index (χ1n) is 5.08. The molecular weight excluding hydrogens is 236 g/mol. The summed E-state index contributed by atoms with van der Waals surface area (Å²) >= 11 is 0. The SMILES string of the molecule is O=C=NCc1ccc(C(CN=C=O)C(=O)O)cc1. The monoisotopic (exact) mass is 246 g/mol. The summed E-state index contributed by atoms with van der Waals surface area (Å²) in [5.41, 5.74) is 1.30. The highest BCUT2D eigenvalue weighted by atomic mass is 16.4. The van der Waals surface area contributed by atoms with Crippen LogP contribution in [0.25, 0.3) is 0 Å². The van der Waals surface area contributed by atoms with E-state index in [1.165, 1.54) is 12.2 Å². The van der Waals surface area contributed by atoms with Crippen molar-refractivity contribution in [3.05, 3.63) is 35.4 Å². The molecule has 1 aromatic rings. The molecule has 0 fully saturated rings. The van der Waals surface area contributed by atoms with Gasteiger partial charge in [0.25, 0.3) is 0 Å². The summed E-state index contributed by atoms with van der Waals surface area (Å²) in [6.07, 6.45) is 2.74. The maximum absolute atomic E-state index is 11.0. The number of hydrogen-bond donors (Lipinski definition) is 1. The number of carboxylic acid groups (broad SMARTS) is 1. The molecule has 0 spiro atoms. The molecule has 0 bridgehead atoms. The van der Waals surface area contributed by atoms with E-state index in [0.717, 1.165) is 5.56 Å². The number of benzene rings is 1. The van der Waals surface area contributed by atoms with Crippen molar-refractivity contribution in [2.75, 3.05) is 6.54 Å². The topological polar surface area (TPSA) is 96.2 Å². The Morgan fingerprint density at radius 2 is 1.78 bits per heavy atom.